The van der Waals surface area contributed by atoms with Crippen LogP contribution < -0.4 is 0 Å². The van der Waals surface area contributed by atoms with E-state index in [-0.39, 0.29) is 5.54 Å². The van der Waals surface area contributed by atoms with Crippen LogP contribution in [0.25, 0.3) is 0 Å². The summed E-state index contributed by atoms with van der Waals surface area (Å²) < 4.78 is 0. The molecule has 0 fully saturated rings. The molecule has 84 valence electrons. The Hall–Kier alpha value is 0.887. The largest absolute Gasteiger partial charge is 0.349 e. The van der Waals surface area contributed by atoms with Crippen molar-refractivity contribution in [3.05, 3.63) is 35.4 Å². The molecule has 0 spiro atoms. The predicted octanol–water partition coefficient (Wildman–Crippen LogP) is 4.94. The van der Waals surface area contributed by atoms with E-state index in [1.807, 2.05) is 24.3 Å². The van der Waals surface area contributed by atoms with Crippen LogP contribution in [-0.2, 0) is 5.88 Å². The van der Waals surface area contributed by atoms with Crippen LogP contribution in [0.3, 0.4) is 0 Å². The van der Waals surface area contributed by atoms with Crippen molar-refractivity contribution in [3.8, 4) is 0 Å². The van der Waals surface area contributed by atoms with Crippen LogP contribution >= 0.6 is 56.4 Å². The van der Waals surface area contributed by atoms with Gasteiger partial charge >= 0.3 is 6.00 Å². The normalized spacial score (nSPS) is 13.9. The van der Waals surface area contributed by atoms with Gasteiger partial charge in [0.15, 0.2) is 0 Å². The third-order valence-corrected chi connectivity index (χ3v) is 6.66. The first-order chi connectivity index (χ1) is 6.99. The summed E-state index contributed by atoms with van der Waals surface area (Å²) in [5.41, 5.74) is 1.83. The van der Waals surface area contributed by atoms with Gasteiger partial charge in [0.25, 0.3) is 0 Å². The summed E-state index contributed by atoms with van der Waals surface area (Å²) in [6.45, 7) is 0. The summed E-state index contributed by atoms with van der Waals surface area (Å²) in [5.74, 6) is 0.806. The Balaban J connectivity index is 2.93. The van der Waals surface area contributed by atoms with Gasteiger partial charge in [0.1, 0.15) is 0 Å². The second-order valence-electron chi connectivity index (χ2n) is 3.12. The van der Waals surface area contributed by atoms with Crippen LogP contribution in [-0.4, -0.2) is 11.9 Å². The minimum absolute atomic E-state index is 0.173. The highest BCUT2D eigenvalue weighted by molar-refractivity contribution is 7.65. The molecular formula is C9H9Cl5Si. The quantitative estimate of drug-likeness (QED) is 0.418. The number of halogens is 5. The molecule has 6 heteroatoms. The van der Waals surface area contributed by atoms with E-state index in [0.29, 0.717) is 11.8 Å². The van der Waals surface area contributed by atoms with Crippen molar-refractivity contribution in [2.24, 2.45) is 0 Å². The van der Waals surface area contributed by atoms with Crippen molar-refractivity contribution in [1.29, 1.82) is 0 Å². The average Bonchev–Trinajstić information content (AvgIpc) is 2.18. The molecule has 1 aromatic carbocycles. The Morgan fingerprint density at radius 3 is 1.87 bits per heavy atom. The summed E-state index contributed by atoms with van der Waals surface area (Å²) in [5, 5.41) is 0. The molecule has 0 heterocycles. The lowest BCUT2D eigenvalue weighted by molar-refractivity contribution is 1.07. The topological polar surface area (TPSA) is 0 Å². The zero-order chi connectivity index (χ0) is 11.5. The van der Waals surface area contributed by atoms with Crippen LogP contribution in [0, 0.1) is 0 Å². The number of hydrogen-bond acceptors (Lipinski definition) is 0. The van der Waals surface area contributed by atoms with E-state index in [9.17, 15) is 0 Å². The fraction of sp³-hybridized carbons (Fsp3) is 0.333. The summed E-state index contributed by atoms with van der Waals surface area (Å²) in [4.78, 5) is 0. The smallest absolute Gasteiger partial charge is 0.126 e. The summed E-state index contributed by atoms with van der Waals surface area (Å²) in [6.07, 6.45) is 0. The zero-order valence-electron chi connectivity index (χ0n) is 7.69. The summed E-state index contributed by atoms with van der Waals surface area (Å²) in [6, 6.07) is 4.88. The third-order valence-electron chi connectivity index (χ3n) is 2.09. The molecule has 15 heavy (non-hydrogen) atoms. The molecule has 1 aromatic rings. The first kappa shape index (κ1) is 13.9. The van der Waals surface area contributed by atoms with Crippen molar-refractivity contribution in [1.82, 2.24) is 0 Å². The van der Waals surface area contributed by atoms with Crippen LogP contribution in [0.2, 0.25) is 0 Å². The fourth-order valence-electron chi connectivity index (χ4n) is 1.20. The van der Waals surface area contributed by atoms with Gasteiger partial charge in [0.05, 0.1) is 0 Å². The van der Waals surface area contributed by atoms with E-state index in [0.717, 1.165) is 11.1 Å². The second-order valence-corrected chi connectivity index (χ2v) is 12.6. The minimum atomic E-state index is -2.80. The lowest BCUT2D eigenvalue weighted by atomic mass is 10.1. The molecule has 0 aliphatic rings. The van der Waals surface area contributed by atoms with E-state index in [4.69, 9.17) is 56.4 Å². The summed E-state index contributed by atoms with van der Waals surface area (Å²) in [7, 11) is 0. The molecular weight excluding hydrogens is 313 g/mol. The lowest BCUT2D eigenvalue weighted by Gasteiger charge is -2.20. The Morgan fingerprint density at radius 2 is 1.53 bits per heavy atom. The molecule has 0 saturated carbocycles. The monoisotopic (exact) mass is 320 g/mol. The Bertz CT molecular complexity index is 305. The van der Waals surface area contributed by atoms with Crippen LogP contribution in [0.5, 0.6) is 0 Å². The Labute approximate surface area is 115 Å². The molecule has 0 aliphatic heterocycles. The number of alkyl halides is 2. The SMILES string of the molecule is ClCc1ccc(C(CCl)[Si](Cl)(Cl)Cl)cc1. The number of benzene rings is 1. The molecule has 0 nitrogen and oxygen atoms in total. The van der Waals surface area contributed by atoms with Gasteiger partial charge in [-0.2, -0.15) is 0 Å². The first-order valence-corrected chi connectivity index (χ1v) is 10.4. The van der Waals surface area contributed by atoms with Crippen molar-refractivity contribution in [3.63, 3.8) is 0 Å². The fourth-order valence-corrected chi connectivity index (χ4v) is 5.54. The van der Waals surface area contributed by atoms with E-state index in [1.54, 1.807) is 0 Å². The van der Waals surface area contributed by atoms with Gasteiger partial charge in [-0.3, -0.25) is 0 Å². The summed E-state index contributed by atoms with van der Waals surface area (Å²) >= 11 is 29.4. The van der Waals surface area contributed by atoms with Gasteiger partial charge in [0, 0.05) is 17.3 Å². The third kappa shape index (κ3) is 3.99. The van der Waals surface area contributed by atoms with E-state index in [1.165, 1.54) is 0 Å². The first-order valence-electron chi connectivity index (χ1n) is 4.26. The van der Waals surface area contributed by atoms with Crippen molar-refractivity contribution in [2.75, 3.05) is 5.88 Å². The maximum atomic E-state index is 5.97. The van der Waals surface area contributed by atoms with E-state index >= 15 is 0 Å². The van der Waals surface area contributed by atoms with Crippen molar-refractivity contribution in [2.45, 2.75) is 11.4 Å². The maximum Gasteiger partial charge on any atom is 0.349 e. The van der Waals surface area contributed by atoms with E-state index < -0.39 is 6.00 Å². The van der Waals surface area contributed by atoms with Gasteiger partial charge in [-0.1, -0.05) is 24.3 Å². The van der Waals surface area contributed by atoms with Gasteiger partial charge in [-0.25, -0.2) is 0 Å². The molecule has 0 aromatic heterocycles. The highest BCUT2D eigenvalue weighted by Crippen LogP contribution is 2.37. The van der Waals surface area contributed by atoms with Crippen molar-refractivity contribution < 1.29 is 0 Å². The molecule has 1 rings (SSSR count). The van der Waals surface area contributed by atoms with Gasteiger partial charge < -0.3 is 0 Å². The van der Waals surface area contributed by atoms with Crippen LogP contribution in [0.15, 0.2) is 24.3 Å². The van der Waals surface area contributed by atoms with E-state index in [2.05, 4.69) is 0 Å². The van der Waals surface area contributed by atoms with Crippen LogP contribution in [0.4, 0.5) is 0 Å². The highest BCUT2D eigenvalue weighted by Gasteiger charge is 2.37. The molecule has 0 radical (unpaired) electrons. The van der Waals surface area contributed by atoms with Gasteiger partial charge in [0.2, 0.25) is 0 Å². The molecule has 0 aliphatic carbocycles. The number of rotatable bonds is 4. The van der Waals surface area contributed by atoms with Gasteiger partial charge in [-0.05, 0) is 11.1 Å². The van der Waals surface area contributed by atoms with Crippen LogP contribution in [0.1, 0.15) is 16.7 Å². The highest BCUT2D eigenvalue weighted by atomic mass is 35.8. The van der Waals surface area contributed by atoms with Gasteiger partial charge in [-0.15, -0.1) is 56.4 Å². The molecule has 0 bridgehead atoms. The zero-order valence-corrected chi connectivity index (χ0v) is 12.5. The molecule has 0 saturated heterocycles. The molecule has 0 N–H and O–H groups in total. The molecule has 0 amide bonds. The Kier molecular flexibility index (Phi) is 5.57. The molecule has 1 atom stereocenters. The lowest BCUT2D eigenvalue weighted by Crippen LogP contribution is -2.24. The predicted molar refractivity (Wildman–Crippen MR) is 72.8 cm³/mol. The minimum Gasteiger partial charge on any atom is -0.126 e. The second kappa shape index (κ2) is 5.99. The molecule has 1 unspecified atom stereocenters. The van der Waals surface area contributed by atoms with Crippen molar-refractivity contribution >= 4 is 62.4 Å². The standard InChI is InChI=1S/C9H9Cl5Si/c10-5-7-1-3-8(4-2-7)9(6-11)15(12,13)14/h1-4,9H,5-6H2. The number of hydrogen-bond donors (Lipinski definition) is 0. The maximum absolute atomic E-state index is 5.97. The Morgan fingerprint density at radius 1 is 1.00 bits per heavy atom. The average molecular weight is 323 g/mol.